The molecular formula is C17H24N2. The van der Waals surface area contributed by atoms with Gasteiger partial charge < -0.3 is 9.88 Å². The zero-order valence-corrected chi connectivity index (χ0v) is 11.8. The van der Waals surface area contributed by atoms with Gasteiger partial charge in [0.05, 0.1) is 0 Å². The summed E-state index contributed by atoms with van der Waals surface area (Å²) in [6.45, 7) is 5.27. The summed E-state index contributed by atoms with van der Waals surface area (Å²) in [4.78, 5) is 0. The van der Waals surface area contributed by atoms with E-state index in [0.717, 1.165) is 19.6 Å². The molecule has 2 aromatic rings. The molecule has 0 aliphatic heterocycles. The third kappa shape index (κ3) is 4.92. The van der Waals surface area contributed by atoms with E-state index in [0.29, 0.717) is 0 Å². The zero-order chi connectivity index (χ0) is 13.3. The van der Waals surface area contributed by atoms with Crippen molar-refractivity contribution >= 4 is 0 Å². The van der Waals surface area contributed by atoms with Crippen molar-refractivity contribution in [3.63, 3.8) is 0 Å². The van der Waals surface area contributed by atoms with Crippen LogP contribution in [0.25, 0.3) is 0 Å². The van der Waals surface area contributed by atoms with Crippen molar-refractivity contribution in [2.75, 3.05) is 6.54 Å². The molecule has 2 nitrogen and oxygen atoms in total. The maximum absolute atomic E-state index is 3.35. The normalized spacial score (nSPS) is 10.8. The van der Waals surface area contributed by atoms with Gasteiger partial charge in [-0.25, -0.2) is 0 Å². The van der Waals surface area contributed by atoms with Crippen molar-refractivity contribution in [3.05, 3.63) is 59.9 Å². The topological polar surface area (TPSA) is 17.0 Å². The van der Waals surface area contributed by atoms with Crippen LogP contribution in [0, 0.1) is 0 Å². The van der Waals surface area contributed by atoms with Crippen LogP contribution in [0.4, 0.5) is 0 Å². The van der Waals surface area contributed by atoms with Gasteiger partial charge in [-0.05, 0) is 43.0 Å². The predicted octanol–water partition coefficient (Wildman–Crippen LogP) is 3.62. The lowest BCUT2D eigenvalue weighted by molar-refractivity contribution is 0.609. The lowest BCUT2D eigenvalue weighted by atomic mass is 10.1. The lowest BCUT2D eigenvalue weighted by Gasteiger charge is -2.04. The van der Waals surface area contributed by atoms with Crippen molar-refractivity contribution in [2.24, 2.45) is 0 Å². The molecule has 1 aromatic heterocycles. The Bertz CT molecular complexity index is 459. The second-order valence-corrected chi connectivity index (χ2v) is 4.98. The molecule has 102 valence electrons. The minimum absolute atomic E-state index is 0.980. The Morgan fingerprint density at radius 2 is 1.84 bits per heavy atom. The van der Waals surface area contributed by atoms with Crippen molar-refractivity contribution in [2.45, 2.75) is 39.3 Å². The summed E-state index contributed by atoms with van der Waals surface area (Å²) >= 11 is 0. The maximum atomic E-state index is 3.35. The van der Waals surface area contributed by atoms with E-state index in [-0.39, 0.29) is 0 Å². The molecule has 0 aliphatic rings. The van der Waals surface area contributed by atoms with Crippen molar-refractivity contribution in [1.29, 1.82) is 0 Å². The molecule has 1 N–H and O–H groups in total. The summed E-state index contributed by atoms with van der Waals surface area (Å²) in [5.41, 5.74) is 2.83. The van der Waals surface area contributed by atoms with Crippen molar-refractivity contribution in [3.8, 4) is 0 Å². The van der Waals surface area contributed by atoms with Gasteiger partial charge in [0.15, 0.2) is 0 Å². The Morgan fingerprint density at radius 3 is 2.63 bits per heavy atom. The Kier molecular flexibility index (Phi) is 5.70. The Labute approximate surface area is 116 Å². The van der Waals surface area contributed by atoms with E-state index in [1.165, 1.54) is 30.4 Å². The van der Waals surface area contributed by atoms with Gasteiger partial charge in [0, 0.05) is 25.5 Å². The molecule has 19 heavy (non-hydrogen) atoms. The second kappa shape index (κ2) is 7.80. The molecule has 0 aliphatic carbocycles. The summed E-state index contributed by atoms with van der Waals surface area (Å²) in [7, 11) is 0. The van der Waals surface area contributed by atoms with Crippen LogP contribution in [0.1, 0.15) is 30.9 Å². The maximum Gasteiger partial charge on any atom is 0.0220 e. The highest BCUT2D eigenvalue weighted by Gasteiger charge is 1.97. The van der Waals surface area contributed by atoms with Crippen LogP contribution in [-0.4, -0.2) is 11.1 Å². The van der Waals surface area contributed by atoms with E-state index in [1.54, 1.807) is 0 Å². The van der Waals surface area contributed by atoms with E-state index >= 15 is 0 Å². The third-order valence-corrected chi connectivity index (χ3v) is 3.37. The van der Waals surface area contributed by atoms with Gasteiger partial charge in [-0.2, -0.15) is 0 Å². The molecular weight excluding hydrogens is 232 g/mol. The Morgan fingerprint density at radius 1 is 1.00 bits per heavy atom. The number of hydrogen-bond donors (Lipinski definition) is 1. The monoisotopic (exact) mass is 256 g/mol. The second-order valence-electron chi connectivity index (χ2n) is 4.98. The van der Waals surface area contributed by atoms with E-state index in [4.69, 9.17) is 0 Å². The molecule has 0 amide bonds. The number of aromatic nitrogens is 1. The highest BCUT2D eigenvalue weighted by Crippen LogP contribution is 2.07. The summed E-state index contributed by atoms with van der Waals surface area (Å²) < 4.78 is 2.30. The average molecular weight is 256 g/mol. The molecule has 2 rings (SSSR count). The van der Waals surface area contributed by atoms with Crippen LogP contribution < -0.4 is 5.32 Å². The van der Waals surface area contributed by atoms with Crippen LogP contribution in [0.15, 0.2) is 48.8 Å². The molecule has 0 spiro atoms. The van der Waals surface area contributed by atoms with Gasteiger partial charge in [-0.1, -0.05) is 37.3 Å². The minimum Gasteiger partial charge on any atom is -0.354 e. The fourth-order valence-corrected chi connectivity index (χ4v) is 2.27. The number of benzene rings is 1. The molecule has 1 aromatic carbocycles. The first kappa shape index (κ1) is 13.9. The van der Waals surface area contributed by atoms with Crippen LogP contribution in [0.2, 0.25) is 0 Å². The fraction of sp³-hybridized carbons (Fsp3) is 0.412. The number of hydrogen-bond acceptors (Lipinski definition) is 1. The summed E-state index contributed by atoms with van der Waals surface area (Å²) in [6, 6.07) is 13.0. The summed E-state index contributed by atoms with van der Waals surface area (Å²) in [5.74, 6) is 0. The molecule has 0 unspecified atom stereocenters. The molecule has 0 atom stereocenters. The van der Waals surface area contributed by atoms with Gasteiger partial charge in [0.1, 0.15) is 0 Å². The van der Waals surface area contributed by atoms with Gasteiger partial charge >= 0.3 is 0 Å². The average Bonchev–Trinajstić information content (AvgIpc) is 2.90. The van der Waals surface area contributed by atoms with Crippen LogP contribution in [-0.2, 0) is 19.5 Å². The summed E-state index contributed by atoms with van der Waals surface area (Å²) in [6.07, 6.45) is 8.13. The fourth-order valence-electron chi connectivity index (χ4n) is 2.27. The largest absolute Gasteiger partial charge is 0.354 e. The Balaban J connectivity index is 1.66. The van der Waals surface area contributed by atoms with Crippen molar-refractivity contribution in [1.82, 2.24) is 9.88 Å². The van der Waals surface area contributed by atoms with Crippen LogP contribution >= 0.6 is 0 Å². The van der Waals surface area contributed by atoms with Crippen molar-refractivity contribution < 1.29 is 0 Å². The first-order chi connectivity index (χ1) is 9.38. The number of aryl methyl sites for hydroxylation is 2. The lowest BCUT2D eigenvalue weighted by Crippen LogP contribution is -2.11. The molecule has 0 bridgehead atoms. The standard InChI is InChI=1S/C17H24N2/c1-2-18-14-17-11-13-19(15-17)12-7-6-10-16-8-4-3-5-9-16/h3-5,8-9,11,13,15,18H,2,6-7,10,12,14H2,1H3. The quantitative estimate of drug-likeness (QED) is 0.714. The number of unbranched alkanes of at least 4 members (excludes halogenated alkanes) is 1. The first-order valence-corrected chi connectivity index (χ1v) is 7.28. The first-order valence-electron chi connectivity index (χ1n) is 7.28. The number of nitrogens with one attached hydrogen (secondary N) is 1. The van der Waals surface area contributed by atoms with E-state index in [9.17, 15) is 0 Å². The van der Waals surface area contributed by atoms with Gasteiger partial charge in [0.25, 0.3) is 0 Å². The Hall–Kier alpha value is -1.54. The van der Waals surface area contributed by atoms with Gasteiger partial charge in [0.2, 0.25) is 0 Å². The van der Waals surface area contributed by atoms with Crippen LogP contribution in [0.3, 0.4) is 0 Å². The van der Waals surface area contributed by atoms with Gasteiger partial charge in [-0.3, -0.25) is 0 Å². The van der Waals surface area contributed by atoms with E-state index < -0.39 is 0 Å². The number of nitrogens with zero attached hydrogens (tertiary/aromatic N) is 1. The third-order valence-electron chi connectivity index (χ3n) is 3.37. The van der Waals surface area contributed by atoms with E-state index in [2.05, 4.69) is 65.6 Å². The molecule has 1 heterocycles. The minimum atomic E-state index is 0.980. The highest BCUT2D eigenvalue weighted by molar-refractivity contribution is 5.14. The SMILES string of the molecule is CCNCc1ccn(CCCCc2ccccc2)c1. The molecule has 0 radical (unpaired) electrons. The highest BCUT2D eigenvalue weighted by atomic mass is 14.9. The predicted molar refractivity (Wildman–Crippen MR) is 81.2 cm³/mol. The van der Waals surface area contributed by atoms with Gasteiger partial charge in [-0.15, -0.1) is 0 Å². The molecule has 2 heteroatoms. The van der Waals surface area contributed by atoms with E-state index in [1.807, 2.05) is 0 Å². The zero-order valence-electron chi connectivity index (χ0n) is 11.8. The van der Waals surface area contributed by atoms with Crippen LogP contribution in [0.5, 0.6) is 0 Å². The smallest absolute Gasteiger partial charge is 0.0220 e. The molecule has 0 fully saturated rings. The number of rotatable bonds is 8. The molecule has 0 saturated heterocycles. The summed E-state index contributed by atoms with van der Waals surface area (Å²) in [5, 5.41) is 3.35. The molecule has 0 saturated carbocycles.